The molecule has 0 amide bonds. The molecule has 25 heavy (non-hydrogen) atoms. The Morgan fingerprint density at radius 3 is 2.48 bits per heavy atom. The number of nitrogens with zero attached hydrogens (tertiary/aromatic N) is 2. The number of anilines is 2. The zero-order valence-corrected chi connectivity index (χ0v) is 15.3. The normalized spacial score (nSPS) is 18.2. The lowest BCUT2D eigenvalue weighted by molar-refractivity contribution is 0.153. The molecule has 134 valence electrons. The molecule has 0 radical (unpaired) electrons. The van der Waals surface area contributed by atoms with Gasteiger partial charge in [0.15, 0.2) is 0 Å². The van der Waals surface area contributed by atoms with Gasteiger partial charge in [-0.1, -0.05) is 30.3 Å². The first kappa shape index (κ1) is 18.0. The van der Waals surface area contributed by atoms with E-state index in [9.17, 15) is 0 Å². The minimum atomic E-state index is 0.326. The summed E-state index contributed by atoms with van der Waals surface area (Å²) in [6.07, 6.45) is 4.70. The maximum Gasteiger partial charge on any atom is 0.0431 e. The van der Waals surface area contributed by atoms with E-state index in [1.54, 1.807) is 0 Å². The van der Waals surface area contributed by atoms with Crippen molar-refractivity contribution in [3.63, 3.8) is 0 Å². The summed E-state index contributed by atoms with van der Waals surface area (Å²) >= 11 is 0. The van der Waals surface area contributed by atoms with Crippen molar-refractivity contribution in [1.29, 1.82) is 0 Å². The average Bonchev–Trinajstić information content (AvgIpc) is 2.67. The summed E-state index contributed by atoms with van der Waals surface area (Å²) in [5.41, 5.74) is 3.81. The number of aliphatic hydroxyl groups is 1. The predicted octanol–water partition coefficient (Wildman–Crippen LogP) is 4.44. The van der Waals surface area contributed by atoms with Crippen LogP contribution in [0.5, 0.6) is 0 Å². The fourth-order valence-corrected chi connectivity index (χ4v) is 3.79. The molecule has 1 N–H and O–H groups in total. The van der Waals surface area contributed by atoms with Crippen molar-refractivity contribution in [3.05, 3.63) is 60.2 Å². The van der Waals surface area contributed by atoms with Gasteiger partial charge in [-0.15, -0.1) is 0 Å². The molecule has 3 heteroatoms. The summed E-state index contributed by atoms with van der Waals surface area (Å²) in [5, 5.41) is 9.03. The van der Waals surface area contributed by atoms with Gasteiger partial charge in [0.2, 0.25) is 0 Å². The average molecular weight is 338 g/mol. The van der Waals surface area contributed by atoms with E-state index in [1.165, 1.54) is 42.9 Å². The number of aliphatic hydroxyl groups excluding tert-OH is 1. The molecule has 1 fully saturated rings. The predicted molar refractivity (Wildman–Crippen MR) is 105 cm³/mol. The Morgan fingerprint density at radius 1 is 1.04 bits per heavy atom. The van der Waals surface area contributed by atoms with Gasteiger partial charge in [0.1, 0.15) is 0 Å². The van der Waals surface area contributed by atoms with Crippen LogP contribution in [0.2, 0.25) is 0 Å². The van der Waals surface area contributed by atoms with Crippen molar-refractivity contribution < 1.29 is 5.11 Å². The van der Waals surface area contributed by atoms with Gasteiger partial charge in [0, 0.05) is 38.1 Å². The smallest absolute Gasteiger partial charge is 0.0431 e. The lowest BCUT2D eigenvalue weighted by Crippen LogP contribution is -2.34. The molecule has 0 bridgehead atoms. The minimum absolute atomic E-state index is 0.326. The third-order valence-corrected chi connectivity index (χ3v) is 5.25. The standard InChI is InChI=1S/C22H30N2O/c1-23(21-9-3-2-4-10-21)22-13-11-20(12-14-22)18-24-15-5-7-19(17-24)8-6-16-25/h2-4,9-14,19,25H,5-8,15-18H2,1H3/t19-/m0/s1. The van der Waals surface area contributed by atoms with E-state index in [-0.39, 0.29) is 0 Å². The first-order valence-electron chi connectivity index (χ1n) is 9.47. The number of likely N-dealkylation sites (tertiary alicyclic amines) is 1. The molecular weight excluding hydrogens is 308 g/mol. The molecule has 1 heterocycles. The van der Waals surface area contributed by atoms with Crippen LogP contribution in [0, 0.1) is 5.92 Å². The molecule has 0 spiro atoms. The maximum atomic E-state index is 9.03. The second-order valence-corrected chi connectivity index (χ2v) is 7.17. The fraction of sp³-hybridized carbons (Fsp3) is 0.455. The largest absolute Gasteiger partial charge is 0.396 e. The molecule has 1 saturated heterocycles. The Bertz CT molecular complexity index is 626. The van der Waals surface area contributed by atoms with Crippen LogP contribution in [0.3, 0.4) is 0 Å². The Balaban J connectivity index is 1.57. The first-order valence-corrected chi connectivity index (χ1v) is 9.47. The minimum Gasteiger partial charge on any atom is -0.396 e. The monoisotopic (exact) mass is 338 g/mol. The van der Waals surface area contributed by atoms with E-state index >= 15 is 0 Å². The van der Waals surface area contributed by atoms with Gasteiger partial charge in [-0.05, 0) is 68.0 Å². The summed E-state index contributed by atoms with van der Waals surface area (Å²) < 4.78 is 0. The van der Waals surface area contributed by atoms with E-state index in [0.29, 0.717) is 6.61 Å². The Hall–Kier alpha value is -1.84. The van der Waals surface area contributed by atoms with E-state index in [4.69, 9.17) is 5.11 Å². The van der Waals surface area contributed by atoms with E-state index < -0.39 is 0 Å². The van der Waals surface area contributed by atoms with E-state index in [0.717, 1.165) is 25.3 Å². The summed E-state index contributed by atoms with van der Waals surface area (Å²) in [4.78, 5) is 4.79. The lowest BCUT2D eigenvalue weighted by atomic mass is 9.93. The van der Waals surface area contributed by atoms with Gasteiger partial charge < -0.3 is 10.0 Å². The SMILES string of the molecule is CN(c1ccccc1)c1ccc(CN2CCC[C@@H](CCCO)C2)cc1. The third kappa shape index (κ3) is 5.07. The molecular formula is C22H30N2O. The molecule has 2 aromatic rings. The highest BCUT2D eigenvalue weighted by Crippen LogP contribution is 2.25. The van der Waals surface area contributed by atoms with E-state index in [2.05, 4.69) is 65.4 Å². The number of hydrogen-bond acceptors (Lipinski definition) is 3. The van der Waals surface area contributed by atoms with Gasteiger partial charge in [0.25, 0.3) is 0 Å². The van der Waals surface area contributed by atoms with Crippen molar-refractivity contribution in [2.24, 2.45) is 5.92 Å². The van der Waals surface area contributed by atoms with Crippen LogP contribution in [0.1, 0.15) is 31.2 Å². The van der Waals surface area contributed by atoms with Gasteiger partial charge in [-0.2, -0.15) is 0 Å². The van der Waals surface area contributed by atoms with Gasteiger partial charge in [-0.3, -0.25) is 4.90 Å². The molecule has 1 aliphatic heterocycles. The van der Waals surface area contributed by atoms with Crippen molar-refractivity contribution in [1.82, 2.24) is 4.90 Å². The molecule has 0 unspecified atom stereocenters. The highest BCUT2D eigenvalue weighted by atomic mass is 16.2. The van der Waals surface area contributed by atoms with Crippen LogP contribution >= 0.6 is 0 Å². The first-order chi connectivity index (χ1) is 12.3. The quantitative estimate of drug-likeness (QED) is 0.808. The molecule has 2 aromatic carbocycles. The topological polar surface area (TPSA) is 26.7 Å². The summed E-state index contributed by atoms with van der Waals surface area (Å²) in [7, 11) is 2.11. The number of piperidine rings is 1. The summed E-state index contributed by atoms with van der Waals surface area (Å²) in [6, 6.07) is 19.4. The second kappa shape index (κ2) is 9.02. The maximum absolute atomic E-state index is 9.03. The number of hydrogen-bond donors (Lipinski definition) is 1. The fourth-order valence-electron chi connectivity index (χ4n) is 3.79. The number of para-hydroxylation sites is 1. The highest BCUT2D eigenvalue weighted by molar-refractivity contribution is 5.62. The van der Waals surface area contributed by atoms with Crippen molar-refractivity contribution in [2.45, 2.75) is 32.2 Å². The zero-order chi connectivity index (χ0) is 17.5. The number of benzene rings is 2. The second-order valence-electron chi connectivity index (χ2n) is 7.17. The van der Waals surface area contributed by atoms with Crippen LogP contribution in [0.15, 0.2) is 54.6 Å². The van der Waals surface area contributed by atoms with Crippen LogP contribution in [0.25, 0.3) is 0 Å². The molecule has 1 aliphatic rings. The highest BCUT2D eigenvalue weighted by Gasteiger charge is 2.19. The molecule has 0 saturated carbocycles. The zero-order valence-electron chi connectivity index (χ0n) is 15.3. The third-order valence-electron chi connectivity index (χ3n) is 5.25. The van der Waals surface area contributed by atoms with Crippen molar-refractivity contribution in [2.75, 3.05) is 31.6 Å². The van der Waals surface area contributed by atoms with Crippen LogP contribution in [0.4, 0.5) is 11.4 Å². The Kier molecular flexibility index (Phi) is 6.48. The van der Waals surface area contributed by atoms with Crippen molar-refractivity contribution in [3.8, 4) is 0 Å². The summed E-state index contributed by atoms with van der Waals surface area (Å²) in [6.45, 7) is 3.73. The lowest BCUT2D eigenvalue weighted by Gasteiger charge is -2.32. The van der Waals surface area contributed by atoms with Gasteiger partial charge in [0.05, 0.1) is 0 Å². The van der Waals surface area contributed by atoms with Crippen molar-refractivity contribution >= 4 is 11.4 Å². The molecule has 3 rings (SSSR count). The van der Waals surface area contributed by atoms with Crippen LogP contribution < -0.4 is 4.90 Å². The van der Waals surface area contributed by atoms with Gasteiger partial charge >= 0.3 is 0 Å². The van der Waals surface area contributed by atoms with E-state index in [1.807, 2.05) is 6.07 Å². The molecule has 0 aliphatic carbocycles. The molecule has 3 nitrogen and oxygen atoms in total. The van der Waals surface area contributed by atoms with Crippen LogP contribution in [-0.2, 0) is 6.54 Å². The Morgan fingerprint density at radius 2 is 1.76 bits per heavy atom. The van der Waals surface area contributed by atoms with Crippen LogP contribution in [-0.4, -0.2) is 36.8 Å². The Labute approximate surface area is 151 Å². The number of rotatable bonds is 7. The molecule has 0 aromatic heterocycles. The van der Waals surface area contributed by atoms with Gasteiger partial charge in [-0.25, -0.2) is 0 Å². The molecule has 1 atom stereocenters. The summed E-state index contributed by atoms with van der Waals surface area (Å²) in [5.74, 6) is 0.754.